The van der Waals surface area contributed by atoms with Crippen LogP contribution < -0.4 is 21.7 Å². The molecule has 0 spiro atoms. The Bertz CT molecular complexity index is 2720. The predicted molar refractivity (Wildman–Crippen MR) is 198 cm³/mol. The first kappa shape index (κ1) is 38.1. The van der Waals surface area contributed by atoms with Gasteiger partial charge in [0.25, 0.3) is 0 Å². The highest BCUT2D eigenvalue weighted by atomic mass is 35.5. The van der Waals surface area contributed by atoms with E-state index in [0.29, 0.717) is 11.4 Å². The Morgan fingerprint density at radius 3 is 1.93 bits per heavy atom. The molecule has 20 heteroatoms. The van der Waals surface area contributed by atoms with Gasteiger partial charge in [0.1, 0.15) is 37.3 Å². The molecule has 0 amide bonds. The van der Waals surface area contributed by atoms with E-state index in [1.54, 1.807) is 48.5 Å². The Kier molecular flexibility index (Phi) is 10.4. The summed E-state index contributed by atoms with van der Waals surface area (Å²) in [6.45, 7) is 0. The van der Waals surface area contributed by atoms with Crippen molar-refractivity contribution >= 4 is 95.3 Å². The molecule has 6 rings (SSSR count). The molecule has 17 nitrogen and oxygen atoms in total. The second-order valence-electron chi connectivity index (χ2n) is 11.4. The van der Waals surface area contributed by atoms with Crippen molar-refractivity contribution in [1.29, 1.82) is 0 Å². The van der Waals surface area contributed by atoms with Crippen molar-refractivity contribution in [1.82, 2.24) is 0 Å². The fourth-order valence-electron chi connectivity index (χ4n) is 5.12. The van der Waals surface area contributed by atoms with Gasteiger partial charge in [-0.05, 0) is 90.0 Å². The first-order valence-corrected chi connectivity index (χ1v) is 18.5. The number of benzene rings is 4. The molecule has 4 aromatic rings. The molecule has 0 heterocycles. The highest BCUT2D eigenvalue weighted by Crippen LogP contribution is 2.38. The van der Waals surface area contributed by atoms with Crippen LogP contribution in [0.5, 0.6) is 0 Å². The highest BCUT2D eigenvalue weighted by molar-refractivity contribution is 7.91. The number of hydrogen-bond donors (Lipinski definition) is 3. The van der Waals surface area contributed by atoms with Crippen LogP contribution in [-0.2, 0) is 29.8 Å². The molecule has 0 aromatic heterocycles. The summed E-state index contributed by atoms with van der Waals surface area (Å²) in [6, 6.07) is 19.1. The minimum Gasteiger partial charge on any atom is -0.744 e. The number of azo groups is 1. The number of carbonyl (C=O) groups is 3. The van der Waals surface area contributed by atoms with E-state index in [2.05, 4.69) is 31.3 Å². The van der Waals surface area contributed by atoms with Crippen LogP contribution in [0.2, 0.25) is 5.02 Å². The fraction of sp³-hybridized carbons (Fsp3) is 0. The quantitative estimate of drug-likeness (QED) is 0.0510. The predicted octanol–water partition coefficient (Wildman–Crippen LogP) is 4.04. The van der Waals surface area contributed by atoms with Gasteiger partial charge in [0.2, 0.25) is 5.78 Å². The van der Waals surface area contributed by atoms with Crippen LogP contribution in [0.3, 0.4) is 0 Å². The third-order valence-corrected chi connectivity index (χ3v) is 9.83. The van der Waals surface area contributed by atoms with Gasteiger partial charge in [0, 0.05) is 16.7 Å². The highest BCUT2D eigenvalue weighted by Gasteiger charge is 2.32. The summed E-state index contributed by atoms with van der Waals surface area (Å²) in [5.74, 6) is -3.24. The molecule has 4 aromatic carbocycles. The van der Waals surface area contributed by atoms with Gasteiger partial charge in [0.15, 0.2) is 5.78 Å². The maximum absolute atomic E-state index is 13.6. The van der Waals surface area contributed by atoms with E-state index in [1.165, 1.54) is 18.2 Å². The van der Waals surface area contributed by atoms with Crippen LogP contribution in [-0.4, -0.2) is 54.9 Å². The van der Waals surface area contributed by atoms with Gasteiger partial charge < -0.3 is 24.7 Å². The number of carboxylic acids is 1. The molecule has 4 N–H and O–H groups in total. The van der Waals surface area contributed by atoms with E-state index < -0.39 is 58.9 Å². The van der Waals surface area contributed by atoms with Crippen LogP contribution in [0.4, 0.5) is 28.4 Å². The zero-order chi connectivity index (χ0) is 39.7. The molecule has 278 valence electrons. The number of anilines is 3. The maximum Gasteiger partial charge on any atom is 0.215 e. The average Bonchev–Trinajstić information content (AvgIpc) is 3.13. The van der Waals surface area contributed by atoms with Gasteiger partial charge in [-0.15, -0.1) is 10.2 Å². The van der Waals surface area contributed by atoms with Crippen molar-refractivity contribution in [3.63, 3.8) is 0 Å². The summed E-state index contributed by atoms with van der Waals surface area (Å²) < 4.78 is 71.0. The molecule has 55 heavy (non-hydrogen) atoms. The molecule has 0 fully saturated rings. The van der Waals surface area contributed by atoms with Gasteiger partial charge in [-0.1, -0.05) is 35.9 Å². The van der Waals surface area contributed by atoms with Crippen LogP contribution in [0.25, 0.3) is 17.2 Å². The van der Waals surface area contributed by atoms with Crippen molar-refractivity contribution in [2.75, 3.05) is 16.6 Å². The molecule has 0 aliphatic heterocycles. The Morgan fingerprint density at radius 2 is 1.36 bits per heavy atom. The van der Waals surface area contributed by atoms with E-state index in [-0.39, 0.29) is 38.9 Å². The maximum atomic E-state index is 13.6. The fourth-order valence-corrected chi connectivity index (χ4v) is 6.53. The van der Waals surface area contributed by atoms with Gasteiger partial charge in [0.05, 0.1) is 43.6 Å². The lowest BCUT2D eigenvalue weighted by Crippen LogP contribution is -2.29. The molecule has 0 atom stereocenters. The monoisotopic (exact) mass is 798 g/mol. The Labute approximate surface area is 316 Å². The molecule has 2 aliphatic rings. The third-order valence-electron chi connectivity index (χ3n) is 7.85. The number of nitrogens with zero attached hydrogens (tertiary/aromatic N) is 4. The largest absolute Gasteiger partial charge is 0.744 e. The minimum atomic E-state index is -5.30. The zero-order valence-corrected chi connectivity index (χ0v) is 29.8. The average molecular weight is 799 g/mol. The number of rotatable bonds is 10. The Balaban J connectivity index is 1.21. The summed E-state index contributed by atoms with van der Waals surface area (Å²) >= 11 is 6.06. The normalized spacial score (nSPS) is 15.9. The summed E-state index contributed by atoms with van der Waals surface area (Å²) in [5.41, 5.74) is 12.2. The second kappa shape index (κ2) is 15.0. The van der Waals surface area contributed by atoms with Crippen LogP contribution in [0.15, 0.2) is 133 Å². The summed E-state index contributed by atoms with van der Waals surface area (Å²) in [5, 5.41) is 26.8. The molecule has 0 unspecified atom stereocenters. The standard InChI is InChI=1S/C35H24ClN7O10S2/c36-27-16-23(54(48,49)50)10-13-29(27)41-42-32-25-17-31(55(51,52)53)33(34(45)24(25)11-12-28(32)37)43-39-21-7-3-19(4-8-21)18-1-5-20(6-2-18)38-40-22-9-14-30(44)26(15-22)35(46)47/h1-17,38-39H,37H2,(H,46,47)(H,48,49,50)(H,51,52,53)/p-3. The first-order valence-electron chi connectivity index (χ1n) is 15.4. The van der Waals surface area contributed by atoms with E-state index in [9.17, 15) is 45.4 Å². The van der Waals surface area contributed by atoms with Gasteiger partial charge in [-0.3, -0.25) is 20.4 Å². The van der Waals surface area contributed by atoms with Crippen molar-refractivity contribution in [2.45, 2.75) is 4.90 Å². The van der Waals surface area contributed by atoms with Crippen molar-refractivity contribution in [3.05, 3.63) is 124 Å². The molecular weight excluding hydrogens is 778 g/mol. The van der Waals surface area contributed by atoms with Gasteiger partial charge >= 0.3 is 0 Å². The Morgan fingerprint density at radius 1 is 0.745 bits per heavy atom. The zero-order valence-electron chi connectivity index (χ0n) is 27.5. The number of allylic oxidation sites excluding steroid dienone is 4. The number of Topliss-reactive ketones (excluding diaryl/α,β-unsaturated/α-hetero) is 1. The number of carboxylic acid groups (broad SMARTS) is 1. The van der Waals surface area contributed by atoms with E-state index >= 15 is 0 Å². The number of fused-ring (bicyclic) bond motifs is 1. The SMILES string of the molecule is Nc1ccc2c(c1N=Nc1ccc(S(=O)(=O)[O-])cc1Cl)C=C(S(=O)(=O)[O-])C(=NNc1ccc(-c3ccc(NN=C4C=CC(=O)C(C(=O)[O-])=C4)cc3)cc1)C2=O. The number of nitrogen functional groups attached to an aromatic ring is 1. The number of hydrogen-bond acceptors (Lipinski definition) is 17. The number of nitrogens with two attached hydrogens (primary N) is 1. The smallest absolute Gasteiger partial charge is 0.215 e. The number of aliphatic carboxylic acids is 1. The lowest BCUT2D eigenvalue weighted by molar-refractivity contribution is -0.298. The number of hydrazone groups is 2. The van der Waals surface area contributed by atoms with Crippen LogP contribution in [0.1, 0.15) is 15.9 Å². The number of carbonyl (C=O) groups excluding carboxylic acids is 3. The van der Waals surface area contributed by atoms with E-state index in [4.69, 9.17) is 17.3 Å². The van der Waals surface area contributed by atoms with E-state index in [1.807, 2.05) is 0 Å². The number of nitrogens with one attached hydrogen (secondary N) is 2. The van der Waals surface area contributed by atoms with Crippen LogP contribution >= 0.6 is 11.6 Å². The molecule has 0 saturated heterocycles. The van der Waals surface area contributed by atoms with Crippen molar-refractivity contribution < 1.29 is 45.4 Å². The topological polar surface area (TPSA) is 288 Å². The van der Waals surface area contributed by atoms with Gasteiger partial charge in [-0.25, -0.2) is 16.8 Å². The number of halogens is 1. The van der Waals surface area contributed by atoms with Crippen LogP contribution in [0, 0.1) is 0 Å². The summed E-state index contributed by atoms with van der Waals surface area (Å²) in [7, 11) is -10.1. The van der Waals surface area contributed by atoms with Crippen molar-refractivity contribution in [2.24, 2.45) is 20.4 Å². The summed E-state index contributed by atoms with van der Waals surface area (Å²) in [6.07, 6.45) is 4.42. The van der Waals surface area contributed by atoms with E-state index in [0.717, 1.165) is 47.6 Å². The summed E-state index contributed by atoms with van der Waals surface area (Å²) in [4.78, 5) is 34.7. The lowest BCUT2D eigenvalue weighted by Gasteiger charge is -2.21. The molecule has 2 aliphatic carbocycles. The molecule has 0 radical (unpaired) electrons. The number of ketones is 2. The molecular formula is C35H21ClN7O10S2-3. The van der Waals surface area contributed by atoms with Gasteiger partial charge in [-0.2, -0.15) is 10.2 Å². The molecule has 0 saturated carbocycles. The Hall–Kier alpha value is -6.64. The molecule has 0 bridgehead atoms. The minimum absolute atomic E-state index is 0.0651. The third kappa shape index (κ3) is 8.45. The lowest BCUT2D eigenvalue weighted by atomic mass is 9.92. The van der Waals surface area contributed by atoms with Crippen molar-refractivity contribution in [3.8, 4) is 11.1 Å². The first-order chi connectivity index (χ1) is 26.0. The second-order valence-corrected chi connectivity index (χ2v) is 14.6.